The van der Waals surface area contributed by atoms with Crippen molar-refractivity contribution in [1.29, 1.82) is 0 Å². The molecule has 0 aliphatic carbocycles. The van der Waals surface area contributed by atoms with E-state index in [9.17, 15) is 9.59 Å². The number of nitrogens with zero attached hydrogens (tertiary/aromatic N) is 3. The van der Waals surface area contributed by atoms with Crippen LogP contribution in [0, 0.1) is 5.92 Å². The number of carbonyl (C=O) groups is 1. The van der Waals surface area contributed by atoms with Crippen LogP contribution in [0.25, 0.3) is 11.1 Å². The molecule has 6 heteroatoms. The third-order valence-corrected chi connectivity index (χ3v) is 8.07. The van der Waals surface area contributed by atoms with Crippen LogP contribution in [0.1, 0.15) is 34.0 Å². The zero-order valence-corrected chi connectivity index (χ0v) is 22.5. The monoisotopic (exact) mass is 518 g/mol. The van der Waals surface area contributed by atoms with E-state index >= 15 is 0 Å². The molecule has 4 aromatic rings. The summed E-state index contributed by atoms with van der Waals surface area (Å²) in [5.41, 5.74) is 6.93. The fourth-order valence-corrected chi connectivity index (χ4v) is 5.97. The molecule has 2 aliphatic rings. The van der Waals surface area contributed by atoms with Gasteiger partial charge in [-0.15, -0.1) is 0 Å². The van der Waals surface area contributed by atoms with Crippen LogP contribution in [0.5, 0.6) is 0 Å². The molecule has 0 spiro atoms. The fraction of sp³-hybridized carbons (Fsp3) is 0.273. The van der Waals surface area contributed by atoms with E-state index < -0.39 is 0 Å². The molecule has 6 rings (SSSR count). The molecule has 1 amide bonds. The lowest BCUT2D eigenvalue weighted by atomic mass is 9.83. The Morgan fingerprint density at radius 1 is 0.846 bits per heavy atom. The Kier molecular flexibility index (Phi) is 6.69. The Balaban J connectivity index is 1.15. The van der Waals surface area contributed by atoms with Crippen molar-refractivity contribution in [3.05, 3.63) is 118 Å². The summed E-state index contributed by atoms with van der Waals surface area (Å²) in [5, 5.41) is 3.35. The average Bonchev–Trinajstić information content (AvgIpc) is 2.97. The van der Waals surface area contributed by atoms with Crippen LogP contribution in [0.2, 0.25) is 0 Å². The summed E-state index contributed by atoms with van der Waals surface area (Å²) in [5.74, 6) is 0.513. The molecule has 1 aromatic heterocycles. The van der Waals surface area contributed by atoms with Gasteiger partial charge in [0, 0.05) is 63.1 Å². The number of aromatic nitrogens is 1. The Hall–Kier alpha value is -4.32. The van der Waals surface area contributed by atoms with Crippen molar-refractivity contribution in [1.82, 2.24) is 9.47 Å². The molecule has 0 radical (unpaired) electrons. The lowest BCUT2D eigenvalue weighted by molar-refractivity contribution is 0.0594. The SMILES string of the molecule is CN(C)c1ccc(CNc2ccc3n(c2=O)C[C@H]2C[C@@H]3CN(C(=O)c3ccc(-c4ccccc4)cc3)C2)cc1. The first-order chi connectivity index (χ1) is 19.0. The number of carbonyl (C=O) groups excluding carboxylic acids is 1. The molecule has 2 atom stereocenters. The largest absolute Gasteiger partial charge is 0.378 e. The predicted octanol–water partition coefficient (Wildman–Crippen LogP) is 5.45. The summed E-state index contributed by atoms with van der Waals surface area (Å²) >= 11 is 0. The molecule has 39 heavy (non-hydrogen) atoms. The Morgan fingerprint density at radius 3 is 2.28 bits per heavy atom. The average molecular weight is 519 g/mol. The van der Waals surface area contributed by atoms with Gasteiger partial charge in [0.15, 0.2) is 0 Å². The van der Waals surface area contributed by atoms with E-state index in [-0.39, 0.29) is 23.3 Å². The van der Waals surface area contributed by atoms with Crippen molar-refractivity contribution in [3.8, 4) is 11.1 Å². The number of hydrogen-bond acceptors (Lipinski definition) is 4. The van der Waals surface area contributed by atoms with Crippen LogP contribution in [0.3, 0.4) is 0 Å². The molecule has 3 heterocycles. The predicted molar refractivity (Wildman–Crippen MR) is 157 cm³/mol. The molecule has 0 unspecified atom stereocenters. The first-order valence-corrected chi connectivity index (χ1v) is 13.6. The van der Waals surface area contributed by atoms with Crippen molar-refractivity contribution in [3.63, 3.8) is 0 Å². The number of piperidine rings is 1. The molecular formula is C33H34N4O2. The van der Waals surface area contributed by atoms with Crippen molar-refractivity contribution >= 4 is 17.3 Å². The van der Waals surface area contributed by atoms with Crippen LogP contribution in [0.4, 0.5) is 11.4 Å². The van der Waals surface area contributed by atoms with Gasteiger partial charge < -0.3 is 19.7 Å². The minimum absolute atomic E-state index is 0.0309. The van der Waals surface area contributed by atoms with Gasteiger partial charge in [0.1, 0.15) is 5.69 Å². The second-order valence-electron chi connectivity index (χ2n) is 11.0. The maximum atomic E-state index is 13.4. The molecule has 1 N–H and O–H groups in total. The maximum Gasteiger partial charge on any atom is 0.274 e. The minimum atomic E-state index is 0.0309. The van der Waals surface area contributed by atoms with Gasteiger partial charge in [0.25, 0.3) is 11.5 Å². The summed E-state index contributed by atoms with van der Waals surface area (Å²) < 4.78 is 1.94. The first kappa shape index (κ1) is 25.0. The number of pyridine rings is 1. The van der Waals surface area contributed by atoms with E-state index in [0.717, 1.165) is 34.5 Å². The van der Waals surface area contributed by atoms with Gasteiger partial charge in [-0.2, -0.15) is 0 Å². The normalized spacial score (nSPS) is 17.8. The standard InChI is InChI=1S/C33H34N4O2/c1-35(2)29-14-8-23(9-15-29)19-34-30-16-17-31-28-18-24(21-37(31)33(30)39)20-36(22-28)32(38)27-12-10-26(11-13-27)25-6-4-3-5-7-25/h3-17,24,28,34H,18-22H2,1-2H3/t24-,28+/m0/s1. The van der Waals surface area contributed by atoms with Gasteiger partial charge in [0.05, 0.1) is 0 Å². The van der Waals surface area contributed by atoms with Gasteiger partial charge in [-0.1, -0.05) is 54.6 Å². The van der Waals surface area contributed by atoms with E-state index in [1.165, 1.54) is 0 Å². The van der Waals surface area contributed by atoms with Crippen molar-refractivity contribution in [2.75, 3.05) is 37.4 Å². The highest BCUT2D eigenvalue weighted by Crippen LogP contribution is 2.36. The number of benzene rings is 3. The van der Waals surface area contributed by atoms with Crippen LogP contribution in [-0.4, -0.2) is 42.6 Å². The van der Waals surface area contributed by atoms with Crippen molar-refractivity contribution in [2.24, 2.45) is 5.92 Å². The number of rotatable bonds is 6. The first-order valence-electron chi connectivity index (χ1n) is 13.6. The molecule has 1 saturated heterocycles. The molecular weight excluding hydrogens is 484 g/mol. The summed E-state index contributed by atoms with van der Waals surface area (Å²) in [6.07, 6.45) is 1.02. The summed E-state index contributed by atoms with van der Waals surface area (Å²) in [6.45, 7) is 2.56. The fourth-order valence-electron chi connectivity index (χ4n) is 5.97. The summed E-state index contributed by atoms with van der Waals surface area (Å²) in [6, 6.07) is 30.4. The second kappa shape index (κ2) is 10.4. The lowest BCUT2D eigenvalue weighted by Gasteiger charge is -2.43. The van der Waals surface area contributed by atoms with E-state index in [0.29, 0.717) is 37.4 Å². The smallest absolute Gasteiger partial charge is 0.274 e. The maximum absolute atomic E-state index is 13.4. The van der Waals surface area contributed by atoms with E-state index in [4.69, 9.17) is 0 Å². The molecule has 0 saturated carbocycles. The molecule has 2 bridgehead atoms. The molecule has 1 fully saturated rings. The number of fused-ring (bicyclic) bond motifs is 4. The Bertz CT molecular complexity index is 1530. The van der Waals surface area contributed by atoms with Gasteiger partial charge in [-0.3, -0.25) is 9.59 Å². The van der Waals surface area contributed by atoms with Gasteiger partial charge in [-0.25, -0.2) is 0 Å². The quantitative estimate of drug-likeness (QED) is 0.369. The van der Waals surface area contributed by atoms with E-state index in [1.807, 2.05) is 72.1 Å². The molecule has 6 nitrogen and oxygen atoms in total. The van der Waals surface area contributed by atoms with Crippen LogP contribution >= 0.6 is 0 Å². The highest BCUT2D eigenvalue weighted by Gasteiger charge is 2.37. The highest BCUT2D eigenvalue weighted by atomic mass is 16.2. The van der Waals surface area contributed by atoms with Crippen molar-refractivity contribution in [2.45, 2.75) is 25.4 Å². The molecule has 2 aliphatic heterocycles. The van der Waals surface area contributed by atoms with Gasteiger partial charge in [-0.05, 0) is 65.4 Å². The Labute approximate surface area is 229 Å². The zero-order chi connectivity index (χ0) is 26.9. The lowest BCUT2D eigenvalue weighted by Crippen LogP contribution is -2.49. The Morgan fingerprint density at radius 2 is 1.56 bits per heavy atom. The topological polar surface area (TPSA) is 57.6 Å². The number of amides is 1. The molecule has 198 valence electrons. The van der Waals surface area contributed by atoms with E-state index in [1.54, 1.807) is 0 Å². The van der Waals surface area contributed by atoms with Crippen LogP contribution in [-0.2, 0) is 13.1 Å². The third kappa shape index (κ3) is 5.07. The van der Waals surface area contributed by atoms with Crippen LogP contribution < -0.4 is 15.8 Å². The van der Waals surface area contributed by atoms with Crippen LogP contribution in [0.15, 0.2) is 95.8 Å². The second-order valence-corrected chi connectivity index (χ2v) is 11.0. The highest BCUT2D eigenvalue weighted by molar-refractivity contribution is 5.95. The number of nitrogens with one attached hydrogen (secondary N) is 1. The number of anilines is 2. The zero-order valence-electron chi connectivity index (χ0n) is 22.5. The molecule has 3 aromatic carbocycles. The summed E-state index contributed by atoms with van der Waals surface area (Å²) in [4.78, 5) is 30.9. The minimum Gasteiger partial charge on any atom is -0.378 e. The van der Waals surface area contributed by atoms with Gasteiger partial charge >= 0.3 is 0 Å². The third-order valence-electron chi connectivity index (χ3n) is 8.07. The summed E-state index contributed by atoms with van der Waals surface area (Å²) in [7, 11) is 4.05. The number of likely N-dealkylation sites (tertiary alicyclic amines) is 1. The van der Waals surface area contributed by atoms with E-state index in [2.05, 4.69) is 52.7 Å². The van der Waals surface area contributed by atoms with Crippen molar-refractivity contribution < 1.29 is 4.79 Å². The van der Waals surface area contributed by atoms with Gasteiger partial charge in [0.2, 0.25) is 0 Å². The number of hydrogen-bond donors (Lipinski definition) is 1.